The number of carbonyl (C=O) groups is 2. The number of aliphatic carboxylic acids is 1. The molecule has 1 N–H and O–H groups in total. The van der Waals surface area contributed by atoms with Crippen LogP contribution in [-0.4, -0.2) is 52.5 Å². The first-order chi connectivity index (χ1) is 10.6. The SMILES string of the molecule is Cc1csc(N2CCC(C(=O)N3CCC[C@H]3C(=O)O)CC2)n1. The molecule has 3 rings (SSSR count). The number of carboxylic acids is 1. The Morgan fingerprint density at radius 3 is 2.59 bits per heavy atom. The van der Waals surface area contributed by atoms with Gasteiger partial charge in [-0.05, 0) is 32.6 Å². The highest BCUT2D eigenvalue weighted by atomic mass is 32.1. The lowest BCUT2D eigenvalue weighted by molar-refractivity contribution is -0.150. The average Bonchev–Trinajstić information content (AvgIpc) is 3.15. The van der Waals surface area contributed by atoms with Crippen LogP contribution in [0.15, 0.2) is 5.38 Å². The largest absolute Gasteiger partial charge is 0.480 e. The Bertz CT molecular complexity index is 566. The highest BCUT2D eigenvalue weighted by Crippen LogP contribution is 2.29. The minimum atomic E-state index is -0.874. The number of aromatic nitrogens is 1. The summed E-state index contributed by atoms with van der Waals surface area (Å²) in [6.07, 6.45) is 2.93. The van der Waals surface area contributed by atoms with E-state index < -0.39 is 12.0 Å². The smallest absolute Gasteiger partial charge is 0.326 e. The third-order valence-electron chi connectivity index (χ3n) is 4.54. The van der Waals surface area contributed by atoms with E-state index in [0.717, 1.165) is 43.2 Å². The summed E-state index contributed by atoms with van der Waals surface area (Å²) in [5.74, 6) is -0.890. The van der Waals surface area contributed by atoms with Crippen molar-refractivity contribution in [3.63, 3.8) is 0 Å². The van der Waals surface area contributed by atoms with Crippen LogP contribution in [0.3, 0.4) is 0 Å². The number of thiazole rings is 1. The molecule has 0 radical (unpaired) electrons. The molecule has 22 heavy (non-hydrogen) atoms. The van der Waals surface area contributed by atoms with E-state index in [2.05, 4.69) is 9.88 Å². The first-order valence-corrected chi connectivity index (χ1v) is 8.64. The van der Waals surface area contributed by atoms with Gasteiger partial charge in [0, 0.05) is 30.9 Å². The van der Waals surface area contributed by atoms with Gasteiger partial charge in [0.2, 0.25) is 5.91 Å². The van der Waals surface area contributed by atoms with E-state index in [1.807, 2.05) is 12.3 Å². The molecule has 1 atom stereocenters. The molecule has 0 aliphatic carbocycles. The Hall–Kier alpha value is -1.63. The summed E-state index contributed by atoms with van der Waals surface area (Å²) in [4.78, 5) is 32.1. The molecule has 2 aliphatic rings. The lowest BCUT2D eigenvalue weighted by atomic mass is 9.95. The van der Waals surface area contributed by atoms with Crippen molar-refractivity contribution in [3.8, 4) is 0 Å². The van der Waals surface area contributed by atoms with Crippen LogP contribution in [0.2, 0.25) is 0 Å². The van der Waals surface area contributed by atoms with Crippen molar-refractivity contribution in [2.45, 2.75) is 38.6 Å². The second-order valence-corrected chi connectivity index (χ2v) is 6.90. The van der Waals surface area contributed by atoms with Gasteiger partial charge in [0.25, 0.3) is 0 Å². The first-order valence-electron chi connectivity index (χ1n) is 7.76. The highest BCUT2D eigenvalue weighted by Gasteiger charge is 2.38. The van der Waals surface area contributed by atoms with Crippen LogP contribution >= 0.6 is 11.3 Å². The average molecular weight is 323 g/mol. The van der Waals surface area contributed by atoms with Crippen molar-refractivity contribution in [1.29, 1.82) is 0 Å². The van der Waals surface area contributed by atoms with Crippen molar-refractivity contribution in [3.05, 3.63) is 11.1 Å². The molecule has 3 heterocycles. The fourth-order valence-corrected chi connectivity index (χ4v) is 4.18. The van der Waals surface area contributed by atoms with Gasteiger partial charge >= 0.3 is 5.97 Å². The van der Waals surface area contributed by atoms with Gasteiger partial charge in [-0.25, -0.2) is 9.78 Å². The summed E-state index contributed by atoms with van der Waals surface area (Å²) in [7, 11) is 0. The van der Waals surface area contributed by atoms with E-state index in [-0.39, 0.29) is 11.8 Å². The van der Waals surface area contributed by atoms with Gasteiger partial charge in [-0.15, -0.1) is 11.3 Å². The quantitative estimate of drug-likeness (QED) is 0.917. The monoisotopic (exact) mass is 323 g/mol. The van der Waals surface area contributed by atoms with Gasteiger partial charge in [0.05, 0.1) is 5.69 Å². The summed E-state index contributed by atoms with van der Waals surface area (Å²) in [6.45, 7) is 4.20. The molecule has 0 saturated carbocycles. The number of carbonyl (C=O) groups excluding carboxylic acids is 1. The Labute approximate surface area is 133 Å². The van der Waals surface area contributed by atoms with Crippen LogP contribution in [0.5, 0.6) is 0 Å². The number of hydrogen-bond acceptors (Lipinski definition) is 5. The number of rotatable bonds is 3. The van der Waals surface area contributed by atoms with Crippen LogP contribution in [0.4, 0.5) is 5.13 Å². The van der Waals surface area contributed by atoms with Crippen molar-refractivity contribution in [2.75, 3.05) is 24.5 Å². The lowest BCUT2D eigenvalue weighted by Gasteiger charge is -2.34. The van der Waals surface area contributed by atoms with E-state index in [9.17, 15) is 14.7 Å². The van der Waals surface area contributed by atoms with Gasteiger partial charge in [-0.1, -0.05) is 0 Å². The van der Waals surface area contributed by atoms with Gasteiger partial charge in [0.15, 0.2) is 5.13 Å². The maximum absolute atomic E-state index is 12.6. The van der Waals surface area contributed by atoms with E-state index in [1.165, 1.54) is 0 Å². The van der Waals surface area contributed by atoms with E-state index in [0.29, 0.717) is 13.0 Å². The Morgan fingerprint density at radius 1 is 1.27 bits per heavy atom. The molecule has 1 aromatic heterocycles. The zero-order valence-electron chi connectivity index (χ0n) is 12.7. The van der Waals surface area contributed by atoms with Gasteiger partial charge in [-0.2, -0.15) is 0 Å². The summed E-state index contributed by atoms with van der Waals surface area (Å²) < 4.78 is 0. The molecule has 0 spiro atoms. The number of carboxylic acid groups (broad SMARTS) is 1. The minimum Gasteiger partial charge on any atom is -0.480 e. The third kappa shape index (κ3) is 2.95. The van der Waals surface area contributed by atoms with Crippen molar-refractivity contribution in [1.82, 2.24) is 9.88 Å². The maximum atomic E-state index is 12.6. The second kappa shape index (κ2) is 6.24. The molecule has 7 heteroatoms. The lowest BCUT2D eigenvalue weighted by Crippen LogP contribution is -2.46. The predicted octanol–water partition coefficient (Wildman–Crippen LogP) is 1.74. The van der Waals surface area contributed by atoms with E-state index >= 15 is 0 Å². The number of anilines is 1. The zero-order chi connectivity index (χ0) is 15.7. The number of nitrogens with zero attached hydrogens (tertiary/aromatic N) is 3. The number of piperidine rings is 1. The van der Waals surface area contributed by atoms with E-state index in [4.69, 9.17) is 0 Å². The summed E-state index contributed by atoms with van der Waals surface area (Å²) >= 11 is 1.64. The van der Waals surface area contributed by atoms with Crippen LogP contribution < -0.4 is 4.90 Å². The maximum Gasteiger partial charge on any atom is 0.326 e. The normalized spacial score (nSPS) is 23.0. The molecule has 120 valence electrons. The molecule has 0 aromatic carbocycles. The topological polar surface area (TPSA) is 73.7 Å². The van der Waals surface area contributed by atoms with Gasteiger partial charge in [-0.3, -0.25) is 4.79 Å². The molecular weight excluding hydrogens is 302 g/mol. The summed E-state index contributed by atoms with van der Waals surface area (Å²) in [5, 5.41) is 12.3. The fraction of sp³-hybridized carbons (Fsp3) is 0.667. The number of hydrogen-bond donors (Lipinski definition) is 1. The Morgan fingerprint density at radius 2 is 2.00 bits per heavy atom. The molecule has 2 saturated heterocycles. The number of likely N-dealkylation sites (tertiary alicyclic amines) is 1. The van der Waals surface area contributed by atoms with Crippen molar-refractivity contribution >= 4 is 28.3 Å². The summed E-state index contributed by atoms with van der Waals surface area (Å²) in [5.41, 5.74) is 1.03. The summed E-state index contributed by atoms with van der Waals surface area (Å²) in [6, 6.07) is -0.618. The second-order valence-electron chi connectivity index (χ2n) is 6.06. The van der Waals surface area contributed by atoms with Crippen molar-refractivity contribution in [2.24, 2.45) is 5.92 Å². The van der Waals surface area contributed by atoms with Gasteiger partial charge < -0.3 is 14.9 Å². The van der Waals surface area contributed by atoms with E-state index in [1.54, 1.807) is 16.2 Å². The molecule has 0 bridgehead atoms. The molecule has 1 amide bonds. The van der Waals surface area contributed by atoms with Crippen LogP contribution in [0.25, 0.3) is 0 Å². The van der Waals surface area contributed by atoms with Crippen molar-refractivity contribution < 1.29 is 14.7 Å². The van der Waals surface area contributed by atoms with Crippen LogP contribution in [-0.2, 0) is 9.59 Å². The molecular formula is C15H21N3O3S. The first kappa shape index (κ1) is 15.3. The minimum absolute atomic E-state index is 0.0277. The Kier molecular flexibility index (Phi) is 4.33. The molecule has 6 nitrogen and oxygen atoms in total. The van der Waals surface area contributed by atoms with Crippen LogP contribution in [0.1, 0.15) is 31.4 Å². The zero-order valence-corrected chi connectivity index (χ0v) is 13.5. The molecule has 2 aliphatic heterocycles. The number of amides is 1. The Balaban J connectivity index is 1.59. The third-order valence-corrected chi connectivity index (χ3v) is 5.56. The van der Waals surface area contributed by atoms with Crippen LogP contribution in [0, 0.1) is 12.8 Å². The fourth-order valence-electron chi connectivity index (χ4n) is 3.33. The molecule has 0 unspecified atom stereocenters. The highest BCUT2D eigenvalue weighted by molar-refractivity contribution is 7.13. The standard InChI is InChI=1S/C15H21N3O3S/c1-10-9-22-15(16-10)17-7-4-11(5-8-17)13(19)18-6-2-3-12(18)14(20)21/h9,11-12H,2-8H2,1H3,(H,20,21)/t12-/m0/s1. The number of aryl methyl sites for hydroxylation is 1. The predicted molar refractivity (Wildman–Crippen MR) is 84.2 cm³/mol. The van der Waals surface area contributed by atoms with Gasteiger partial charge in [0.1, 0.15) is 6.04 Å². The molecule has 2 fully saturated rings. The molecule has 1 aromatic rings.